The summed E-state index contributed by atoms with van der Waals surface area (Å²) in [6.45, 7) is 0. The van der Waals surface area contributed by atoms with Gasteiger partial charge in [-0.05, 0) is 28.3 Å². The van der Waals surface area contributed by atoms with E-state index in [2.05, 4.69) is 16.3 Å². The molecule has 2 nitrogen and oxygen atoms in total. The van der Waals surface area contributed by atoms with Crippen LogP contribution in [0.2, 0.25) is 0 Å². The summed E-state index contributed by atoms with van der Waals surface area (Å²) in [5.74, 6) is 0. The standard InChI is InChI=1S/C26H13F6N2.Ir/c27-25(28,29)21-12-6-11-18(22(21)26(30,31)32)24-20-14-17-10-5-4-9-16(17)13-19(20)23(33-34-24)15-7-2-1-3-8-15;/h1-7,9-14H;/q-1;. The van der Waals surface area contributed by atoms with Crippen molar-refractivity contribution in [2.75, 3.05) is 0 Å². The van der Waals surface area contributed by atoms with Crippen molar-refractivity contribution in [3.8, 4) is 22.5 Å². The van der Waals surface area contributed by atoms with E-state index in [4.69, 9.17) is 0 Å². The second-order valence-corrected chi connectivity index (χ2v) is 7.64. The Morgan fingerprint density at radius 2 is 1.23 bits per heavy atom. The fourth-order valence-electron chi connectivity index (χ4n) is 4.07. The van der Waals surface area contributed by atoms with Gasteiger partial charge in [-0.15, -0.1) is 35.9 Å². The fraction of sp³-hybridized carbons (Fsp3) is 0.0769. The van der Waals surface area contributed by atoms with Gasteiger partial charge in [-0.3, -0.25) is 0 Å². The minimum Gasteiger partial charge on any atom is -0.200 e. The van der Waals surface area contributed by atoms with Crippen LogP contribution in [0.3, 0.4) is 0 Å². The number of fused-ring (bicyclic) bond motifs is 2. The SMILES string of the molecule is FC(F)(F)c1cccc(-c2nnc(-c3[c-]cccc3)c3cc4ccccc4cc23)c1C(F)(F)F.[Ir]. The first kappa shape index (κ1) is 24.8. The van der Waals surface area contributed by atoms with Gasteiger partial charge in [-0.25, -0.2) is 0 Å². The number of alkyl halides is 6. The van der Waals surface area contributed by atoms with E-state index in [1.807, 2.05) is 12.1 Å². The van der Waals surface area contributed by atoms with E-state index < -0.39 is 29.0 Å². The molecule has 0 bridgehead atoms. The maximum absolute atomic E-state index is 14.0. The average Bonchev–Trinajstić information content (AvgIpc) is 2.81. The third-order valence-corrected chi connectivity index (χ3v) is 5.52. The maximum atomic E-state index is 14.0. The number of halogens is 6. The Balaban J connectivity index is 0.00000289. The van der Waals surface area contributed by atoms with Crippen LogP contribution < -0.4 is 0 Å². The molecule has 0 spiro atoms. The topological polar surface area (TPSA) is 25.8 Å². The Morgan fingerprint density at radius 1 is 0.629 bits per heavy atom. The summed E-state index contributed by atoms with van der Waals surface area (Å²) in [7, 11) is 0. The molecule has 179 valence electrons. The number of hydrogen-bond acceptors (Lipinski definition) is 2. The molecule has 0 aliphatic rings. The second kappa shape index (κ2) is 9.06. The predicted molar refractivity (Wildman–Crippen MR) is 117 cm³/mol. The molecule has 0 unspecified atom stereocenters. The fourth-order valence-corrected chi connectivity index (χ4v) is 4.07. The Bertz CT molecular complexity index is 1530. The summed E-state index contributed by atoms with van der Waals surface area (Å²) >= 11 is 0. The van der Waals surface area contributed by atoms with Crippen molar-refractivity contribution in [2.24, 2.45) is 0 Å². The predicted octanol–water partition coefficient (Wildman–Crippen LogP) is 7.95. The van der Waals surface area contributed by atoms with E-state index in [1.54, 1.807) is 48.5 Å². The van der Waals surface area contributed by atoms with Gasteiger partial charge in [-0.1, -0.05) is 42.5 Å². The number of aromatic nitrogens is 2. The van der Waals surface area contributed by atoms with Crippen molar-refractivity contribution in [2.45, 2.75) is 12.4 Å². The molecular formula is C26H13F6IrN2-. The summed E-state index contributed by atoms with van der Waals surface area (Å²) in [6.07, 6.45) is -10.5. The van der Waals surface area contributed by atoms with Crippen molar-refractivity contribution < 1.29 is 46.4 Å². The van der Waals surface area contributed by atoms with Crippen LogP contribution in [0, 0.1) is 6.07 Å². The average molecular weight is 660 g/mol. The second-order valence-electron chi connectivity index (χ2n) is 7.64. The van der Waals surface area contributed by atoms with E-state index in [0.29, 0.717) is 28.1 Å². The summed E-state index contributed by atoms with van der Waals surface area (Å²) in [6, 6.07) is 22.8. The number of rotatable bonds is 2. The Labute approximate surface area is 209 Å². The maximum Gasteiger partial charge on any atom is 0.417 e. The zero-order valence-electron chi connectivity index (χ0n) is 17.5. The van der Waals surface area contributed by atoms with Crippen LogP contribution >= 0.6 is 0 Å². The van der Waals surface area contributed by atoms with E-state index >= 15 is 0 Å². The van der Waals surface area contributed by atoms with E-state index in [9.17, 15) is 26.3 Å². The van der Waals surface area contributed by atoms with E-state index in [1.165, 1.54) is 0 Å². The Morgan fingerprint density at radius 3 is 1.80 bits per heavy atom. The molecule has 1 aromatic heterocycles. The normalized spacial score (nSPS) is 12.1. The summed E-state index contributed by atoms with van der Waals surface area (Å²) < 4.78 is 82.5. The number of benzene rings is 4. The van der Waals surface area contributed by atoms with E-state index in [0.717, 1.165) is 17.5 Å². The van der Waals surface area contributed by atoms with Gasteiger partial charge < -0.3 is 0 Å². The molecule has 9 heteroatoms. The molecule has 1 radical (unpaired) electrons. The van der Waals surface area contributed by atoms with Crippen molar-refractivity contribution in [3.05, 3.63) is 96.1 Å². The summed E-state index contributed by atoms with van der Waals surface area (Å²) in [4.78, 5) is 0. The van der Waals surface area contributed by atoms with Crippen LogP contribution in [0.4, 0.5) is 26.3 Å². The number of hydrogen-bond donors (Lipinski definition) is 0. The minimum absolute atomic E-state index is 0. The molecule has 0 amide bonds. The molecule has 1 heterocycles. The molecule has 0 aliphatic heterocycles. The van der Waals surface area contributed by atoms with Crippen LogP contribution in [-0.2, 0) is 32.5 Å². The molecule has 35 heavy (non-hydrogen) atoms. The van der Waals surface area contributed by atoms with Crippen molar-refractivity contribution in [1.82, 2.24) is 10.2 Å². The first-order valence-electron chi connectivity index (χ1n) is 10.1. The molecule has 0 atom stereocenters. The summed E-state index contributed by atoms with van der Waals surface area (Å²) in [5, 5.41) is 10.4. The quantitative estimate of drug-likeness (QED) is 0.109. The van der Waals surface area contributed by atoms with Gasteiger partial charge >= 0.3 is 12.4 Å². The van der Waals surface area contributed by atoms with Crippen LogP contribution in [0.1, 0.15) is 11.1 Å². The molecular weight excluding hydrogens is 647 g/mol. The molecule has 0 aliphatic carbocycles. The zero-order chi connectivity index (χ0) is 24.1. The van der Waals surface area contributed by atoms with Crippen LogP contribution in [0.25, 0.3) is 44.1 Å². The Hall–Kier alpha value is -3.29. The van der Waals surface area contributed by atoms with Crippen molar-refractivity contribution in [1.29, 1.82) is 0 Å². The Kier molecular flexibility index (Phi) is 6.42. The van der Waals surface area contributed by atoms with E-state index in [-0.39, 0.29) is 31.2 Å². The molecule has 0 saturated heterocycles. The third kappa shape index (κ3) is 4.53. The molecule has 4 aromatic carbocycles. The zero-order valence-corrected chi connectivity index (χ0v) is 19.9. The summed E-state index contributed by atoms with van der Waals surface area (Å²) in [5.41, 5.74) is -3.59. The van der Waals surface area contributed by atoms with Crippen LogP contribution in [0.5, 0.6) is 0 Å². The third-order valence-electron chi connectivity index (χ3n) is 5.52. The largest absolute Gasteiger partial charge is 0.417 e. The molecule has 0 N–H and O–H groups in total. The first-order valence-corrected chi connectivity index (χ1v) is 10.1. The smallest absolute Gasteiger partial charge is 0.200 e. The van der Waals surface area contributed by atoms with Gasteiger partial charge in [0.05, 0.1) is 16.8 Å². The number of nitrogens with zero attached hydrogens (tertiary/aromatic N) is 2. The van der Waals surface area contributed by atoms with Gasteiger partial charge in [0.15, 0.2) is 0 Å². The minimum atomic E-state index is -5.27. The van der Waals surface area contributed by atoms with Gasteiger partial charge in [0, 0.05) is 36.7 Å². The van der Waals surface area contributed by atoms with Gasteiger partial charge in [0.1, 0.15) is 0 Å². The van der Waals surface area contributed by atoms with Crippen molar-refractivity contribution >= 4 is 21.5 Å². The van der Waals surface area contributed by atoms with Gasteiger partial charge in [0.2, 0.25) is 0 Å². The van der Waals surface area contributed by atoms with Crippen molar-refractivity contribution in [3.63, 3.8) is 0 Å². The monoisotopic (exact) mass is 660 g/mol. The molecule has 5 aromatic rings. The molecule has 0 fully saturated rings. The van der Waals surface area contributed by atoms with Gasteiger partial charge in [0.25, 0.3) is 0 Å². The van der Waals surface area contributed by atoms with Gasteiger partial charge in [-0.2, -0.15) is 36.5 Å². The van der Waals surface area contributed by atoms with Crippen LogP contribution in [-0.4, -0.2) is 10.2 Å². The molecule has 0 saturated carbocycles. The van der Waals surface area contributed by atoms with Crippen LogP contribution in [0.15, 0.2) is 78.9 Å². The molecule has 5 rings (SSSR count). The first-order chi connectivity index (χ1) is 16.1.